The predicted molar refractivity (Wildman–Crippen MR) is 64.2 cm³/mol. The molecule has 4 heteroatoms. The van der Waals surface area contributed by atoms with Crippen molar-refractivity contribution in [2.45, 2.75) is 26.3 Å². The number of carboxylic acid groups (broad SMARTS) is 1. The molecule has 82 valence electrons. The monoisotopic (exact) mass is 271 g/mol. The van der Waals surface area contributed by atoms with Gasteiger partial charge in [-0.2, -0.15) is 0 Å². The van der Waals surface area contributed by atoms with Crippen LogP contribution in [0.4, 0.5) is 5.69 Å². The molecular weight excluding hydrogens is 258 g/mol. The van der Waals surface area contributed by atoms with E-state index in [0.717, 1.165) is 15.7 Å². The molecule has 0 aliphatic carbocycles. The van der Waals surface area contributed by atoms with Gasteiger partial charge in [0.25, 0.3) is 0 Å². The maximum Gasteiger partial charge on any atom is 0.328 e. The summed E-state index contributed by atoms with van der Waals surface area (Å²) in [5, 5.41) is 12.0. The van der Waals surface area contributed by atoms with E-state index in [1.807, 2.05) is 25.1 Å². The van der Waals surface area contributed by atoms with E-state index < -0.39 is 11.5 Å². The molecule has 2 N–H and O–H groups in total. The minimum Gasteiger partial charge on any atom is -0.480 e. The molecule has 3 nitrogen and oxygen atoms in total. The molecule has 0 bridgehead atoms. The van der Waals surface area contributed by atoms with Gasteiger partial charge in [0.05, 0.1) is 0 Å². The van der Waals surface area contributed by atoms with Crippen molar-refractivity contribution in [2.24, 2.45) is 0 Å². The van der Waals surface area contributed by atoms with E-state index >= 15 is 0 Å². The molecule has 0 saturated heterocycles. The fraction of sp³-hybridized carbons (Fsp3) is 0.364. The third kappa shape index (κ3) is 2.96. The summed E-state index contributed by atoms with van der Waals surface area (Å²) in [6.45, 7) is 5.21. The van der Waals surface area contributed by atoms with E-state index in [2.05, 4.69) is 21.2 Å². The van der Waals surface area contributed by atoms with Crippen LogP contribution in [-0.4, -0.2) is 16.6 Å². The summed E-state index contributed by atoms with van der Waals surface area (Å²) in [5.74, 6) is -0.873. The lowest BCUT2D eigenvalue weighted by Gasteiger charge is -2.23. The molecule has 1 aromatic rings. The van der Waals surface area contributed by atoms with Crippen LogP contribution < -0.4 is 5.32 Å². The fourth-order valence-corrected chi connectivity index (χ4v) is 1.48. The molecule has 0 unspecified atom stereocenters. The Bertz CT molecular complexity index is 388. The average Bonchev–Trinajstić information content (AvgIpc) is 2.10. The van der Waals surface area contributed by atoms with Gasteiger partial charge in [0.2, 0.25) is 0 Å². The first kappa shape index (κ1) is 12.0. The van der Waals surface area contributed by atoms with Crippen molar-refractivity contribution in [3.8, 4) is 0 Å². The van der Waals surface area contributed by atoms with Gasteiger partial charge < -0.3 is 10.4 Å². The van der Waals surface area contributed by atoms with Crippen molar-refractivity contribution in [1.29, 1.82) is 0 Å². The van der Waals surface area contributed by atoms with Crippen LogP contribution in [0, 0.1) is 6.92 Å². The van der Waals surface area contributed by atoms with Gasteiger partial charge in [0.15, 0.2) is 0 Å². The van der Waals surface area contributed by atoms with Crippen molar-refractivity contribution < 1.29 is 9.90 Å². The molecule has 0 saturated carbocycles. The minimum absolute atomic E-state index is 0.830. The molecule has 0 heterocycles. The number of nitrogens with one attached hydrogen (secondary N) is 1. The molecule has 0 radical (unpaired) electrons. The zero-order valence-electron chi connectivity index (χ0n) is 8.97. The summed E-state index contributed by atoms with van der Waals surface area (Å²) in [4.78, 5) is 10.9. The topological polar surface area (TPSA) is 49.3 Å². The van der Waals surface area contributed by atoms with Crippen molar-refractivity contribution in [1.82, 2.24) is 0 Å². The second-order valence-electron chi connectivity index (χ2n) is 4.01. The second kappa shape index (κ2) is 4.23. The lowest BCUT2D eigenvalue weighted by molar-refractivity contribution is -0.141. The van der Waals surface area contributed by atoms with E-state index in [-0.39, 0.29) is 0 Å². The number of anilines is 1. The van der Waals surface area contributed by atoms with Crippen molar-refractivity contribution in [3.05, 3.63) is 28.2 Å². The molecule has 0 amide bonds. The zero-order valence-corrected chi connectivity index (χ0v) is 10.6. The van der Waals surface area contributed by atoms with Crippen LogP contribution in [0.25, 0.3) is 0 Å². The molecule has 0 spiro atoms. The Morgan fingerprint density at radius 1 is 1.47 bits per heavy atom. The number of aliphatic carboxylic acids is 1. The standard InChI is InChI=1S/C11H14BrNO2/c1-7-4-5-8(12)6-9(7)13-11(2,3)10(14)15/h4-6,13H,1-3H3,(H,14,15). The molecule has 15 heavy (non-hydrogen) atoms. The quantitative estimate of drug-likeness (QED) is 0.889. The molecule has 0 aliphatic rings. The minimum atomic E-state index is -0.967. The Balaban J connectivity index is 2.99. The maximum atomic E-state index is 10.9. The van der Waals surface area contributed by atoms with E-state index in [4.69, 9.17) is 5.11 Å². The third-order valence-electron chi connectivity index (χ3n) is 2.18. The first-order valence-electron chi connectivity index (χ1n) is 4.60. The van der Waals surface area contributed by atoms with Crippen LogP contribution in [0.3, 0.4) is 0 Å². The summed E-state index contributed by atoms with van der Waals surface area (Å²) in [6.07, 6.45) is 0. The molecule has 0 fully saturated rings. The van der Waals surface area contributed by atoms with Gasteiger partial charge in [-0.05, 0) is 38.5 Å². The molecule has 0 aromatic heterocycles. The predicted octanol–water partition coefficient (Wildman–Crippen LogP) is 3.03. The third-order valence-corrected chi connectivity index (χ3v) is 2.67. The number of halogens is 1. The number of aryl methyl sites for hydroxylation is 1. The average molecular weight is 272 g/mol. The first-order valence-corrected chi connectivity index (χ1v) is 5.40. The Labute approximate surface area is 97.6 Å². The summed E-state index contributed by atoms with van der Waals surface area (Å²) < 4.78 is 0.928. The van der Waals surface area contributed by atoms with Crippen molar-refractivity contribution in [3.63, 3.8) is 0 Å². The SMILES string of the molecule is Cc1ccc(Br)cc1NC(C)(C)C(=O)O. The highest BCUT2D eigenvalue weighted by molar-refractivity contribution is 9.10. The Kier molecular flexibility index (Phi) is 3.39. The van der Waals surface area contributed by atoms with Crippen LogP contribution in [0.2, 0.25) is 0 Å². The number of carbonyl (C=O) groups is 1. The lowest BCUT2D eigenvalue weighted by Crippen LogP contribution is -2.40. The van der Waals surface area contributed by atoms with Gasteiger partial charge >= 0.3 is 5.97 Å². The Hall–Kier alpha value is -1.03. The van der Waals surface area contributed by atoms with Gasteiger partial charge in [-0.15, -0.1) is 0 Å². The van der Waals surface area contributed by atoms with Crippen LogP contribution in [0.5, 0.6) is 0 Å². The van der Waals surface area contributed by atoms with Crippen molar-refractivity contribution in [2.75, 3.05) is 5.32 Å². The van der Waals surface area contributed by atoms with Crippen LogP contribution in [0.15, 0.2) is 22.7 Å². The molecule has 1 aromatic carbocycles. The Morgan fingerprint density at radius 3 is 2.60 bits per heavy atom. The number of carboxylic acids is 1. The largest absolute Gasteiger partial charge is 0.480 e. The van der Waals surface area contributed by atoms with Gasteiger partial charge in [-0.25, -0.2) is 4.79 Å². The smallest absolute Gasteiger partial charge is 0.328 e. The molecule has 0 aliphatic heterocycles. The van der Waals surface area contributed by atoms with Gasteiger partial charge in [0.1, 0.15) is 5.54 Å². The molecule has 0 atom stereocenters. The van der Waals surface area contributed by atoms with Gasteiger partial charge in [-0.3, -0.25) is 0 Å². The van der Waals surface area contributed by atoms with E-state index in [0.29, 0.717) is 0 Å². The van der Waals surface area contributed by atoms with E-state index in [1.54, 1.807) is 13.8 Å². The number of benzene rings is 1. The van der Waals surface area contributed by atoms with Gasteiger partial charge in [0, 0.05) is 10.2 Å². The fourth-order valence-electron chi connectivity index (χ4n) is 1.12. The zero-order chi connectivity index (χ0) is 11.6. The maximum absolute atomic E-state index is 10.9. The molecule has 1 rings (SSSR count). The Morgan fingerprint density at radius 2 is 2.07 bits per heavy atom. The summed E-state index contributed by atoms with van der Waals surface area (Å²) in [6, 6.07) is 5.73. The van der Waals surface area contributed by atoms with E-state index in [9.17, 15) is 4.79 Å². The van der Waals surface area contributed by atoms with Crippen LogP contribution in [0.1, 0.15) is 19.4 Å². The lowest BCUT2D eigenvalue weighted by atomic mass is 10.0. The highest BCUT2D eigenvalue weighted by atomic mass is 79.9. The van der Waals surface area contributed by atoms with Crippen LogP contribution >= 0.6 is 15.9 Å². The molecular formula is C11H14BrNO2. The number of hydrogen-bond donors (Lipinski definition) is 2. The number of rotatable bonds is 3. The second-order valence-corrected chi connectivity index (χ2v) is 4.93. The summed E-state index contributed by atoms with van der Waals surface area (Å²) >= 11 is 3.35. The highest BCUT2D eigenvalue weighted by Gasteiger charge is 2.27. The first-order chi connectivity index (χ1) is 6.83. The van der Waals surface area contributed by atoms with Crippen LogP contribution in [-0.2, 0) is 4.79 Å². The highest BCUT2D eigenvalue weighted by Crippen LogP contribution is 2.23. The van der Waals surface area contributed by atoms with Crippen molar-refractivity contribution >= 4 is 27.6 Å². The summed E-state index contributed by atoms with van der Waals surface area (Å²) in [5.41, 5.74) is 0.884. The van der Waals surface area contributed by atoms with E-state index in [1.165, 1.54) is 0 Å². The summed E-state index contributed by atoms with van der Waals surface area (Å²) in [7, 11) is 0. The number of hydrogen-bond acceptors (Lipinski definition) is 2. The normalized spacial score (nSPS) is 11.2. The van der Waals surface area contributed by atoms with Gasteiger partial charge in [-0.1, -0.05) is 22.0 Å².